The van der Waals surface area contributed by atoms with Crippen molar-refractivity contribution in [2.45, 2.75) is 0 Å². The van der Waals surface area contributed by atoms with E-state index < -0.39 is 21.9 Å². The number of amides is 1. The number of esters is 1. The van der Waals surface area contributed by atoms with E-state index >= 15 is 0 Å². The summed E-state index contributed by atoms with van der Waals surface area (Å²) in [5.74, 6) is -2.26. The van der Waals surface area contributed by atoms with Crippen molar-refractivity contribution < 1.29 is 22.7 Å². The summed E-state index contributed by atoms with van der Waals surface area (Å²) in [4.78, 5) is 21.4. The van der Waals surface area contributed by atoms with Crippen LogP contribution in [0.5, 0.6) is 0 Å². The third-order valence-electron chi connectivity index (χ3n) is 1.57. The van der Waals surface area contributed by atoms with Crippen molar-refractivity contribution in [3.05, 3.63) is 0 Å². The summed E-state index contributed by atoms with van der Waals surface area (Å²) in [5, 5.41) is 2.13. The summed E-state index contributed by atoms with van der Waals surface area (Å²) in [6.45, 7) is -0.131. The second-order valence-electron chi connectivity index (χ2n) is 2.85. The predicted molar refractivity (Wildman–Crippen MR) is 52.5 cm³/mol. The Morgan fingerprint density at radius 1 is 1.33 bits per heavy atom. The van der Waals surface area contributed by atoms with E-state index in [1.165, 1.54) is 14.1 Å². The third-order valence-corrected chi connectivity index (χ3v) is 3.41. The first-order valence-electron chi connectivity index (χ1n) is 4.07. The normalized spacial score (nSPS) is 11.2. The van der Waals surface area contributed by atoms with E-state index in [1.54, 1.807) is 0 Å². The molecule has 0 aromatic heterocycles. The number of ether oxygens (including phenoxy) is 1. The maximum absolute atomic E-state index is 11.2. The summed E-state index contributed by atoms with van der Waals surface area (Å²) in [7, 11) is 0.481. The molecule has 0 spiro atoms. The molecule has 0 radical (unpaired) electrons. The number of carbonyl (C=O) groups is 2. The van der Waals surface area contributed by atoms with Gasteiger partial charge in [-0.1, -0.05) is 0 Å². The molecule has 0 saturated carbocycles. The van der Waals surface area contributed by atoms with Crippen LogP contribution in [0.3, 0.4) is 0 Å². The van der Waals surface area contributed by atoms with Gasteiger partial charge in [-0.25, -0.2) is 17.5 Å². The van der Waals surface area contributed by atoms with Crippen molar-refractivity contribution in [2.24, 2.45) is 0 Å². The van der Waals surface area contributed by atoms with Gasteiger partial charge in [0.05, 0.1) is 12.9 Å². The van der Waals surface area contributed by atoms with Gasteiger partial charge in [-0.15, -0.1) is 0 Å². The van der Waals surface area contributed by atoms with E-state index in [0.717, 1.165) is 11.4 Å². The van der Waals surface area contributed by atoms with Crippen LogP contribution in [-0.4, -0.2) is 58.1 Å². The minimum Gasteiger partial charge on any atom is -0.462 e. The zero-order valence-corrected chi connectivity index (χ0v) is 9.63. The third kappa shape index (κ3) is 4.75. The first kappa shape index (κ1) is 13.8. The Balaban J connectivity index is 4.01. The van der Waals surface area contributed by atoms with Crippen LogP contribution in [0.15, 0.2) is 0 Å². The topological polar surface area (TPSA) is 92.8 Å². The van der Waals surface area contributed by atoms with E-state index in [9.17, 15) is 18.0 Å². The fourth-order valence-electron chi connectivity index (χ4n) is 0.641. The quantitative estimate of drug-likeness (QED) is 0.459. The van der Waals surface area contributed by atoms with Crippen LogP contribution in [0, 0.1) is 0 Å². The summed E-state index contributed by atoms with van der Waals surface area (Å²) in [6.07, 6.45) is 0. The first-order valence-corrected chi connectivity index (χ1v) is 5.68. The van der Waals surface area contributed by atoms with E-state index in [2.05, 4.69) is 10.1 Å². The second-order valence-corrected chi connectivity index (χ2v) is 5.15. The molecule has 0 aliphatic heterocycles. The van der Waals surface area contributed by atoms with Crippen molar-refractivity contribution in [1.29, 1.82) is 0 Å². The number of rotatable bonds is 4. The Kier molecular flexibility index (Phi) is 5.23. The maximum Gasteiger partial charge on any atom is 0.396 e. The van der Waals surface area contributed by atoms with Gasteiger partial charge in [-0.2, -0.15) is 0 Å². The molecule has 0 fully saturated rings. The van der Waals surface area contributed by atoms with Crippen LogP contribution >= 0.6 is 0 Å². The van der Waals surface area contributed by atoms with Crippen LogP contribution in [0.25, 0.3) is 0 Å². The highest BCUT2D eigenvalue weighted by molar-refractivity contribution is 7.89. The smallest absolute Gasteiger partial charge is 0.396 e. The SMILES string of the molecule is COC(=O)C(=O)NCCS(=O)(=O)N(C)C. The minimum atomic E-state index is -3.36. The van der Waals surface area contributed by atoms with E-state index in [-0.39, 0.29) is 12.3 Å². The zero-order valence-electron chi connectivity index (χ0n) is 8.81. The van der Waals surface area contributed by atoms with Gasteiger partial charge in [0.25, 0.3) is 0 Å². The molecular formula is C7H14N2O5S. The van der Waals surface area contributed by atoms with E-state index in [0.29, 0.717) is 0 Å². The van der Waals surface area contributed by atoms with Crippen molar-refractivity contribution in [3.8, 4) is 0 Å². The van der Waals surface area contributed by atoms with Gasteiger partial charge >= 0.3 is 11.9 Å². The average molecular weight is 238 g/mol. The molecule has 0 heterocycles. The number of carbonyl (C=O) groups excluding carboxylic acids is 2. The van der Waals surface area contributed by atoms with Crippen LogP contribution in [0.1, 0.15) is 0 Å². The number of nitrogens with zero attached hydrogens (tertiary/aromatic N) is 1. The Morgan fingerprint density at radius 3 is 2.27 bits per heavy atom. The number of hydrogen-bond acceptors (Lipinski definition) is 5. The molecule has 0 rings (SSSR count). The Labute approximate surface area is 88.4 Å². The molecule has 7 nitrogen and oxygen atoms in total. The predicted octanol–water partition coefficient (Wildman–Crippen LogP) is -1.83. The standard InChI is InChI=1S/C7H14N2O5S/c1-9(2)15(12,13)5-4-8-6(10)7(11)14-3/h4-5H2,1-3H3,(H,8,10). The van der Waals surface area contributed by atoms with Crippen LogP contribution in [0.4, 0.5) is 0 Å². The molecular weight excluding hydrogens is 224 g/mol. The second kappa shape index (κ2) is 5.66. The molecule has 1 amide bonds. The molecule has 8 heteroatoms. The lowest BCUT2D eigenvalue weighted by atomic mass is 10.6. The molecule has 0 aliphatic carbocycles. The van der Waals surface area contributed by atoms with Gasteiger partial charge in [0.15, 0.2) is 0 Å². The van der Waals surface area contributed by atoms with Crippen molar-refractivity contribution in [3.63, 3.8) is 0 Å². The zero-order chi connectivity index (χ0) is 12.1. The first-order chi connectivity index (χ1) is 6.81. The van der Waals surface area contributed by atoms with Crippen molar-refractivity contribution in [1.82, 2.24) is 9.62 Å². The van der Waals surface area contributed by atoms with Gasteiger partial charge in [0.2, 0.25) is 10.0 Å². The summed E-state index contributed by atoms with van der Waals surface area (Å²) >= 11 is 0. The van der Waals surface area contributed by atoms with E-state index in [1.807, 2.05) is 0 Å². The minimum absolute atomic E-state index is 0.131. The van der Waals surface area contributed by atoms with Crippen molar-refractivity contribution in [2.75, 3.05) is 33.5 Å². The number of nitrogens with one attached hydrogen (secondary N) is 1. The lowest BCUT2D eigenvalue weighted by molar-refractivity contribution is -0.152. The van der Waals surface area contributed by atoms with Crippen LogP contribution in [-0.2, 0) is 24.3 Å². The number of methoxy groups -OCH3 is 1. The molecule has 0 bridgehead atoms. The molecule has 1 N–H and O–H groups in total. The van der Waals surface area contributed by atoms with Gasteiger partial charge in [-0.05, 0) is 0 Å². The van der Waals surface area contributed by atoms with Gasteiger partial charge in [-0.3, -0.25) is 4.79 Å². The van der Waals surface area contributed by atoms with Crippen molar-refractivity contribution >= 4 is 21.9 Å². The largest absolute Gasteiger partial charge is 0.462 e. The van der Waals surface area contributed by atoms with Crippen LogP contribution < -0.4 is 5.32 Å². The number of sulfonamides is 1. The highest BCUT2D eigenvalue weighted by Gasteiger charge is 2.16. The highest BCUT2D eigenvalue weighted by Crippen LogP contribution is 1.91. The molecule has 0 unspecified atom stereocenters. The maximum atomic E-state index is 11.2. The summed E-state index contributed by atoms with van der Waals surface area (Å²) < 4.78 is 27.6. The molecule has 0 aromatic rings. The average Bonchev–Trinajstić information content (AvgIpc) is 2.15. The molecule has 0 saturated heterocycles. The molecule has 88 valence electrons. The van der Waals surface area contributed by atoms with Gasteiger partial charge in [0, 0.05) is 20.6 Å². The van der Waals surface area contributed by atoms with Gasteiger partial charge in [0.1, 0.15) is 0 Å². The lowest BCUT2D eigenvalue weighted by Gasteiger charge is -2.10. The van der Waals surface area contributed by atoms with Crippen LogP contribution in [0.2, 0.25) is 0 Å². The Morgan fingerprint density at radius 2 is 1.87 bits per heavy atom. The number of hydrogen-bond donors (Lipinski definition) is 1. The Hall–Kier alpha value is -1.15. The molecule has 0 atom stereocenters. The summed E-state index contributed by atoms with van der Waals surface area (Å²) in [5.41, 5.74) is 0. The lowest BCUT2D eigenvalue weighted by Crippen LogP contribution is -2.37. The monoisotopic (exact) mass is 238 g/mol. The highest BCUT2D eigenvalue weighted by atomic mass is 32.2. The van der Waals surface area contributed by atoms with E-state index in [4.69, 9.17) is 0 Å². The fraction of sp³-hybridized carbons (Fsp3) is 0.714. The molecule has 0 aliphatic rings. The Bertz CT molecular complexity index is 335. The van der Waals surface area contributed by atoms with Gasteiger partial charge < -0.3 is 10.1 Å². The molecule has 0 aromatic carbocycles. The molecule has 15 heavy (non-hydrogen) atoms. The fourth-order valence-corrected chi connectivity index (χ4v) is 1.37. The summed E-state index contributed by atoms with van der Waals surface area (Å²) in [6, 6.07) is 0.